The van der Waals surface area contributed by atoms with Crippen molar-refractivity contribution in [2.24, 2.45) is 17.8 Å². The van der Waals surface area contributed by atoms with Gasteiger partial charge in [-0.05, 0) is 114 Å². The first-order valence-corrected chi connectivity index (χ1v) is 30.3. The molecule has 4 amide bonds. The summed E-state index contributed by atoms with van der Waals surface area (Å²) in [6, 6.07) is 31.7. The van der Waals surface area contributed by atoms with Crippen LogP contribution in [0.25, 0.3) is 67.3 Å². The molecule has 0 bridgehead atoms. The second-order valence-electron chi connectivity index (χ2n) is 23.9. The molecule has 0 spiro atoms. The number of methoxy groups -OCH3 is 1. The first-order chi connectivity index (χ1) is 41.8. The minimum atomic E-state index is -0.788. The Labute approximate surface area is 500 Å². The Morgan fingerprint density at radius 3 is 1.30 bits per heavy atom. The molecule has 8 heterocycles. The van der Waals surface area contributed by atoms with Crippen molar-refractivity contribution in [1.82, 2.24) is 70.9 Å². The molecule has 3 unspecified atom stereocenters. The lowest BCUT2D eigenvalue weighted by atomic mass is 10.0. The van der Waals surface area contributed by atoms with Crippen molar-refractivity contribution in [3.05, 3.63) is 145 Å². The molecule has 12 rings (SSSR count). The van der Waals surface area contributed by atoms with E-state index in [1.54, 1.807) is 6.20 Å². The number of amides is 4. The molecule has 4 saturated heterocycles. The maximum absolute atomic E-state index is 14.4. The van der Waals surface area contributed by atoms with Crippen LogP contribution in [0.3, 0.4) is 0 Å². The fourth-order valence-electron chi connectivity index (χ4n) is 12.7. The number of hydrogen-bond acceptors (Lipinski definition) is 12. The van der Waals surface area contributed by atoms with Gasteiger partial charge in [-0.1, -0.05) is 125 Å². The van der Waals surface area contributed by atoms with Gasteiger partial charge in [-0.15, -0.1) is 0 Å². The van der Waals surface area contributed by atoms with Gasteiger partial charge in [-0.25, -0.2) is 29.5 Å². The molecule has 8 N–H and O–H groups in total. The van der Waals surface area contributed by atoms with Crippen LogP contribution in [0.4, 0.5) is 9.59 Å². The van der Waals surface area contributed by atoms with Crippen LogP contribution in [0.1, 0.15) is 120 Å². The highest BCUT2D eigenvalue weighted by Crippen LogP contribution is 2.37. The molecule has 0 aliphatic carbocycles. The van der Waals surface area contributed by atoms with Gasteiger partial charge in [0.05, 0.1) is 85.4 Å². The second-order valence-corrected chi connectivity index (χ2v) is 23.9. The van der Waals surface area contributed by atoms with Crippen LogP contribution in [0.15, 0.2) is 122 Å². The van der Waals surface area contributed by atoms with Gasteiger partial charge in [0.25, 0.3) is 0 Å². The average Bonchev–Trinajstić information content (AvgIpc) is 3.75. The number of hydrogen-bond donors (Lipinski definition) is 8. The molecular formula is C66H76N14O6. The van der Waals surface area contributed by atoms with Crippen LogP contribution in [0, 0.1) is 17.8 Å². The molecule has 0 saturated carbocycles. The van der Waals surface area contributed by atoms with Crippen molar-refractivity contribution in [2.75, 3.05) is 39.9 Å². The fraction of sp³-hybridized carbons (Fsp3) is 0.394. The average molecular weight is 1160 g/mol. The maximum atomic E-state index is 14.4. The van der Waals surface area contributed by atoms with E-state index in [9.17, 15) is 19.2 Å². The number of imidazole rings is 4. The Bertz CT molecular complexity index is 3640. The Balaban J connectivity index is 0.622. The van der Waals surface area contributed by atoms with E-state index in [1.165, 1.54) is 13.5 Å². The number of aromatic nitrogens is 8. The summed E-state index contributed by atoms with van der Waals surface area (Å²) in [5, 5.41) is 12.7. The molecule has 20 heteroatoms. The number of ether oxygens (including phenoxy) is 2. The summed E-state index contributed by atoms with van der Waals surface area (Å²) in [7, 11) is 1.29. The van der Waals surface area contributed by atoms with Crippen molar-refractivity contribution in [3.8, 4) is 67.3 Å². The zero-order valence-corrected chi connectivity index (χ0v) is 49.4. The van der Waals surface area contributed by atoms with Gasteiger partial charge in [-0.2, -0.15) is 0 Å². The number of nitrogens with one attached hydrogen (secondary N) is 8. The molecular weight excluding hydrogens is 1080 g/mol. The Morgan fingerprint density at radius 1 is 0.488 bits per heavy atom. The van der Waals surface area contributed by atoms with Gasteiger partial charge in [0.2, 0.25) is 11.8 Å². The highest BCUT2D eigenvalue weighted by atomic mass is 16.5. The molecule has 0 radical (unpaired) electrons. The van der Waals surface area contributed by atoms with Crippen molar-refractivity contribution < 1.29 is 28.7 Å². The van der Waals surface area contributed by atoms with Crippen LogP contribution < -0.4 is 21.3 Å². The number of carbonyl (C=O) groups is 4. The summed E-state index contributed by atoms with van der Waals surface area (Å²) in [6.07, 6.45) is 12.4. The van der Waals surface area contributed by atoms with Gasteiger partial charge in [0.15, 0.2) is 0 Å². The number of alkyl carbamates (subject to hydrolysis) is 2. The smallest absolute Gasteiger partial charge is 0.407 e. The van der Waals surface area contributed by atoms with Crippen molar-refractivity contribution in [2.45, 2.75) is 109 Å². The lowest BCUT2D eigenvalue weighted by Gasteiger charge is -2.30. The molecule has 4 aromatic heterocycles. The Kier molecular flexibility index (Phi) is 17.0. The summed E-state index contributed by atoms with van der Waals surface area (Å²) in [5.74, 6) is 2.57. The highest BCUT2D eigenvalue weighted by molar-refractivity contribution is 5.87. The summed E-state index contributed by atoms with van der Waals surface area (Å²) in [4.78, 5) is 90.2. The van der Waals surface area contributed by atoms with Gasteiger partial charge in [0, 0.05) is 19.0 Å². The van der Waals surface area contributed by atoms with Gasteiger partial charge in [-0.3, -0.25) is 9.59 Å². The van der Waals surface area contributed by atoms with Gasteiger partial charge >= 0.3 is 12.2 Å². The largest absolute Gasteiger partial charge is 0.453 e. The Morgan fingerprint density at radius 2 is 0.884 bits per heavy atom. The predicted octanol–water partition coefficient (Wildman–Crippen LogP) is 10.8. The number of H-pyrrole nitrogens is 4. The molecule has 4 aliphatic rings. The molecule has 8 aromatic rings. The predicted molar refractivity (Wildman–Crippen MR) is 328 cm³/mol. The number of carbonyl (C=O) groups excluding carboxylic acids is 4. The molecule has 4 aromatic carbocycles. The quantitative estimate of drug-likeness (QED) is 0.0399. The molecule has 20 nitrogen and oxygen atoms in total. The first kappa shape index (κ1) is 57.5. The number of benzene rings is 4. The first-order valence-electron chi connectivity index (χ1n) is 30.3. The van der Waals surface area contributed by atoms with Crippen molar-refractivity contribution in [1.29, 1.82) is 0 Å². The highest BCUT2D eigenvalue weighted by Gasteiger charge is 2.40. The zero-order chi connectivity index (χ0) is 59.4. The van der Waals surface area contributed by atoms with Gasteiger partial charge < -0.3 is 60.5 Å². The van der Waals surface area contributed by atoms with Crippen LogP contribution in [-0.4, -0.2) is 126 Å². The summed E-state index contributed by atoms with van der Waals surface area (Å²) < 4.78 is 10.7. The van der Waals surface area contributed by atoms with E-state index < -0.39 is 24.3 Å². The standard InChI is InChI=1S/C66H76N14O6/c1-38(2)56(77-65(83)85-5)63(81)79-31-7-10-54(79)60-70-34-51(74-60)45-22-14-41(15-23-45)42-16-24-46(25-17-42)52-35-71-61(75-52)55-11-8-32-80(55)64(82)57(39(3)4)78-66(84)86-37-48-28-30-68-58(48)62-72-36-53(76-62)47-26-18-43(19-27-47)40-12-20-44(21-13-40)50-33-69-59(73-50)49-9-6-29-67-49/h12-27,33-36,38-39,48-49,54-58,67-68H,6-11,28-32,37H2,1-5H3,(H,69,73)(H,70,74)(H,71,75)(H,72,76)(H,77,83)(H,78,84)/t48?,49-,54-,55-,56?,57?,58-/m1/s1. The van der Waals surface area contributed by atoms with Crippen LogP contribution in [-0.2, 0) is 19.1 Å². The van der Waals surface area contributed by atoms with E-state index in [-0.39, 0.29) is 54.3 Å². The Hall–Kier alpha value is -8.88. The van der Waals surface area contributed by atoms with Crippen LogP contribution >= 0.6 is 0 Å². The maximum Gasteiger partial charge on any atom is 0.407 e. The van der Waals surface area contributed by atoms with Crippen LogP contribution in [0.2, 0.25) is 0 Å². The van der Waals surface area contributed by atoms with E-state index in [4.69, 9.17) is 24.4 Å². The van der Waals surface area contributed by atoms with E-state index in [1.807, 2.05) is 56.1 Å². The molecule has 7 atom stereocenters. The van der Waals surface area contributed by atoms with E-state index in [0.29, 0.717) is 30.8 Å². The fourth-order valence-corrected chi connectivity index (χ4v) is 12.7. The number of likely N-dealkylation sites (tertiary alicyclic amines) is 2. The minimum absolute atomic E-state index is 0.0196. The number of aromatic amines is 4. The molecule has 4 fully saturated rings. The third kappa shape index (κ3) is 12.3. The van der Waals surface area contributed by atoms with E-state index >= 15 is 0 Å². The lowest BCUT2D eigenvalue weighted by Crippen LogP contribution is -2.51. The number of nitrogens with zero attached hydrogens (tertiary/aromatic N) is 6. The summed E-state index contributed by atoms with van der Waals surface area (Å²) in [5.41, 5.74) is 12.0. The van der Waals surface area contributed by atoms with Crippen LogP contribution in [0.5, 0.6) is 0 Å². The lowest BCUT2D eigenvalue weighted by molar-refractivity contribution is -0.136. The van der Waals surface area contributed by atoms with E-state index in [2.05, 4.69) is 143 Å². The topological polar surface area (TPSA) is 256 Å². The third-order valence-corrected chi connectivity index (χ3v) is 17.6. The molecule has 86 heavy (non-hydrogen) atoms. The second kappa shape index (κ2) is 25.4. The third-order valence-electron chi connectivity index (χ3n) is 17.6. The van der Waals surface area contributed by atoms with Gasteiger partial charge in [0.1, 0.15) is 35.4 Å². The summed E-state index contributed by atoms with van der Waals surface area (Å²) in [6.45, 7) is 10.8. The summed E-state index contributed by atoms with van der Waals surface area (Å²) >= 11 is 0. The monoisotopic (exact) mass is 1160 g/mol. The van der Waals surface area contributed by atoms with Crippen molar-refractivity contribution in [3.63, 3.8) is 0 Å². The van der Waals surface area contributed by atoms with E-state index in [0.717, 1.165) is 131 Å². The number of rotatable bonds is 18. The molecule has 446 valence electrons. The molecule has 4 aliphatic heterocycles. The minimum Gasteiger partial charge on any atom is -0.453 e. The SMILES string of the molecule is COC(=O)NC(C(=O)N1CCC[C@@H]1c1ncc(-c2ccc(-c3ccc(-c4cnc([C@H]5CCCN5C(=O)C(NC(=O)OCC5CCN[C@H]5c5ncc(-c6ccc(-c7ccc(-c8cnc([C@H]9CCCN9)[nH]8)cc7)cc6)[nH]5)C(C)C)[nH]4)cc3)cc2)[nH]1)C(C)C. The normalized spacial score (nSPS) is 20.2. The van der Waals surface area contributed by atoms with Crippen molar-refractivity contribution >= 4 is 24.0 Å². The zero-order valence-electron chi connectivity index (χ0n) is 49.4.